The summed E-state index contributed by atoms with van der Waals surface area (Å²) in [4.78, 5) is 1.99. The van der Waals surface area contributed by atoms with Crippen molar-refractivity contribution in [2.45, 2.75) is 6.04 Å². The number of halogens is 3. The second-order valence-electron chi connectivity index (χ2n) is 4.23. The molecule has 1 heterocycles. The Bertz CT molecular complexity index is 442. The highest BCUT2D eigenvalue weighted by Gasteiger charge is 2.24. The van der Waals surface area contributed by atoms with Gasteiger partial charge in [-0.05, 0) is 6.07 Å². The van der Waals surface area contributed by atoms with Gasteiger partial charge in [0, 0.05) is 31.7 Å². The molecular formula is C13H15F3N2. The molecule has 0 radical (unpaired) electrons. The van der Waals surface area contributed by atoms with E-state index in [4.69, 9.17) is 0 Å². The molecule has 0 spiro atoms. The number of hydrogen-bond donors (Lipinski definition) is 1. The van der Waals surface area contributed by atoms with Crippen molar-refractivity contribution >= 4 is 0 Å². The molecule has 18 heavy (non-hydrogen) atoms. The third kappa shape index (κ3) is 2.42. The van der Waals surface area contributed by atoms with Crippen molar-refractivity contribution in [2.75, 3.05) is 26.2 Å². The quantitative estimate of drug-likeness (QED) is 0.659. The summed E-state index contributed by atoms with van der Waals surface area (Å²) in [6.07, 6.45) is 1.56. The summed E-state index contributed by atoms with van der Waals surface area (Å²) >= 11 is 0. The molecule has 5 heteroatoms. The van der Waals surface area contributed by atoms with Crippen molar-refractivity contribution in [3.8, 4) is 0 Å². The molecular weight excluding hydrogens is 241 g/mol. The molecule has 1 aliphatic rings. The molecule has 1 N–H and O–H groups in total. The van der Waals surface area contributed by atoms with Crippen LogP contribution in [0.2, 0.25) is 0 Å². The molecule has 1 aromatic rings. The molecule has 1 aromatic carbocycles. The second kappa shape index (κ2) is 5.54. The van der Waals surface area contributed by atoms with E-state index in [1.165, 1.54) is 6.07 Å². The van der Waals surface area contributed by atoms with Gasteiger partial charge in [-0.1, -0.05) is 12.1 Å². The lowest BCUT2D eigenvalue weighted by Gasteiger charge is -2.33. The SMILES string of the molecule is C=C[C@@H](c1ccc(F)c(F)c1F)N1CCNCC1. The fourth-order valence-electron chi connectivity index (χ4n) is 2.20. The second-order valence-corrected chi connectivity index (χ2v) is 4.23. The molecule has 0 aliphatic carbocycles. The maximum absolute atomic E-state index is 13.7. The molecule has 0 amide bonds. The van der Waals surface area contributed by atoms with Crippen molar-refractivity contribution in [2.24, 2.45) is 0 Å². The van der Waals surface area contributed by atoms with Crippen LogP contribution in [-0.4, -0.2) is 31.1 Å². The molecule has 0 aromatic heterocycles. The summed E-state index contributed by atoms with van der Waals surface area (Å²) < 4.78 is 39.9. The van der Waals surface area contributed by atoms with Gasteiger partial charge in [-0.2, -0.15) is 0 Å². The van der Waals surface area contributed by atoms with E-state index in [0.29, 0.717) is 0 Å². The lowest BCUT2D eigenvalue weighted by atomic mass is 10.0. The van der Waals surface area contributed by atoms with Gasteiger partial charge in [0.05, 0.1) is 6.04 Å². The minimum Gasteiger partial charge on any atom is -0.314 e. The van der Waals surface area contributed by atoms with Gasteiger partial charge < -0.3 is 5.32 Å². The maximum Gasteiger partial charge on any atom is 0.194 e. The minimum absolute atomic E-state index is 0.130. The molecule has 1 fully saturated rings. The molecule has 0 bridgehead atoms. The van der Waals surface area contributed by atoms with E-state index in [9.17, 15) is 13.2 Å². The molecule has 0 saturated carbocycles. The van der Waals surface area contributed by atoms with Crippen LogP contribution in [0.5, 0.6) is 0 Å². The number of nitrogens with zero attached hydrogens (tertiary/aromatic N) is 1. The van der Waals surface area contributed by atoms with E-state index in [1.807, 2.05) is 4.90 Å². The summed E-state index contributed by atoms with van der Waals surface area (Å²) in [7, 11) is 0. The van der Waals surface area contributed by atoms with E-state index in [2.05, 4.69) is 11.9 Å². The smallest absolute Gasteiger partial charge is 0.194 e. The summed E-state index contributed by atoms with van der Waals surface area (Å²) in [5.41, 5.74) is 0.130. The Morgan fingerprint density at radius 3 is 2.44 bits per heavy atom. The minimum atomic E-state index is -1.42. The van der Waals surface area contributed by atoms with Crippen LogP contribution in [0.25, 0.3) is 0 Å². The van der Waals surface area contributed by atoms with Crippen LogP contribution in [-0.2, 0) is 0 Å². The predicted octanol–water partition coefficient (Wildman–Crippen LogP) is 2.24. The number of hydrogen-bond acceptors (Lipinski definition) is 2. The number of nitrogens with one attached hydrogen (secondary N) is 1. The highest BCUT2D eigenvalue weighted by Crippen LogP contribution is 2.27. The van der Waals surface area contributed by atoms with Crippen LogP contribution in [0.3, 0.4) is 0 Å². The normalized spacial score (nSPS) is 18.6. The average molecular weight is 256 g/mol. The molecule has 0 unspecified atom stereocenters. The molecule has 1 atom stereocenters. The zero-order valence-electron chi connectivity index (χ0n) is 9.93. The molecule has 98 valence electrons. The van der Waals surface area contributed by atoms with Crippen LogP contribution in [0.4, 0.5) is 13.2 Å². The highest BCUT2D eigenvalue weighted by atomic mass is 19.2. The Hall–Kier alpha value is -1.33. The number of rotatable bonds is 3. The first-order valence-corrected chi connectivity index (χ1v) is 5.86. The summed E-state index contributed by atoms with van der Waals surface area (Å²) in [5, 5.41) is 3.18. The Labute approximate surface area is 104 Å². The Morgan fingerprint density at radius 2 is 1.83 bits per heavy atom. The first kappa shape index (κ1) is 13.1. The topological polar surface area (TPSA) is 15.3 Å². The molecule has 1 aliphatic heterocycles. The maximum atomic E-state index is 13.7. The standard InChI is InChI=1S/C13H15F3N2/c1-2-11(18-7-5-17-6-8-18)9-3-4-10(14)13(16)12(9)15/h2-4,11,17H,1,5-8H2/t11-/m0/s1. The summed E-state index contributed by atoms with van der Waals surface area (Å²) in [6.45, 7) is 6.67. The Kier molecular flexibility index (Phi) is 4.04. The molecule has 2 nitrogen and oxygen atoms in total. The van der Waals surface area contributed by atoms with Gasteiger partial charge in [0.1, 0.15) is 0 Å². The monoisotopic (exact) mass is 256 g/mol. The van der Waals surface area contributed by atoms with E-state index in [1.54, 1.807) is 6.08 Å². The van der Waals surface area contributed by atoms with Crippen LogP contribution in [0.1, 0.15) is 11.6 Å². The van der Waals surface area contributed by atoms with Crippen LogP contribution >= 0.6 is 0 Å². The fourth-order valence-corrected chi connectivity index (χ4v) is 2.20. The van der Waals surface area contributed by atoms with Gasteiger partial charge in [0.15, 0.2) is 17.5 Å². The summed E-state index contributed by atoms with van der Waals surface area (Å²) in [5.74, 6) is -3.72. The fraction of sp³-hybridized carbons (Fsp3) is 0.385. The van der Waals surface area contributed by atoms with Crippen molar-refractivity contribution < 1.29 is 13.2 Å². The van der Waals surface area contributed by atoms with Crippen molar-refractivity contribution in [1.29, 1.82) is 0 Å². The number of benzene rings is 1. The first-order chi connectivity index (χ1) is 8.65. The van der Waals surface area contributed by atoms with E-state index >= 15 is 0 Å². The van der Waals surface area contributed by atoms with Crippen LogP contribution < -0.4 is 5.32 Å². The zero-order valence-corrected chi connectivity index (χ0v) is 9.93. The van der Waals surface area contributed by atoms with Crippen molar-refractivity contribution in [3.05, 3.63) is 47.8 Å². The van der Waals surface area contributed by atoms with Gasteiger partial charge in [-0.15, -0.1) is 6.58 Å². The zero-order chi connectivity index (χ0) is 13.1. The van der Waals surface area contributed by atoms with E-state index < -0.39 is 23.5 Å². The van der Waals surface area contributed by atoms with Gasteiger partial charge >= 0.3 is 0 Å². The number of piperazine rings is 1. The lowest BCUT2D eigenvalue weighted by Crippen LogP contribution is -2.44. The van der Waals surface area contributed by atoms with Crippen molar-refractivity contribution in [1.82, 2.24) is 10.2 Å². The predicted molar refractivity (Wildman–Crippen MR) is 63.7 cm³/mol. The average Bonchev–Trinajstić information content (AvgIpc) is 2.41. The largest absolute Gasteiger partial charge is 0.314 e. The van der Waals surface area contributed by atoms with Crippen LogP contribution in [0.15, 0.2) is 24.8 Å². The first-order valence-electron chi connectivity index (χ1n) is 5.86. The van der Waals surface area contributed by atoms with Crippen molar-refractivity contribution in [3.63, 3.8) is 0 Å². The van der Waals surface area contributed by atoms with Gasteiger partial charge in [-0.25, -0.2) is 13.2 Å². The van der Waals surface area contributed by atoms with Gasteiger partial charge in [0.25, 0.3) is 0 Å². The third-order valence-corrected chi connectivity index (χ3v) is 3.15. The van der Waals surface area contributed by atoms with Gasteiger partial charge in [0.2, 0.25) is 0 Å². The Balaban J connectivity index is 2.32. The lowest BCUT2D eigenvalue weighted by molar-refractivity contribution is 0.199. The Morgan fingerprint density at radius 1 is 1.17 bits per heavy atom. The van der Waals surface area contributed by atoms with E-state index in [0.717, 1.165) is 32.2 Å². The summed E-state index contributed by atoms with van der Waals surface area (Å²) in [6, 6.07) is 1.80. The van der Waals surface area contributed by atoms with Crippen LogP contribution in [0, 0.1) is 17.5 Å². The van der Waals surface area contributed by atoms with Gasteiger partial charge in [-0.3, -0.25) is 4.90 Å². The molecule has 1 saturated heterocycles. The van der Waals surface area contributed by atoms with E-state index in [-0.39, 0.29) is 5.56 Å². The molecule has 2 rings (SSSR count). The third-order valence-electron chi connectivity index (χ3n) is 3.15. The highest BCUT2D eigenvalue weighted by molar-refractivity contribution is 5.26.